The van der Waals surface area contributed by atoms with Crippen LogP contribution in [0.4, 0.5) is 8.78 Å². The van der Waals surface area contributed by atoms with E-state index in [1.165, 1.54) is 19.2 Å². The fourth-order valence-electron chi connectivity index (χ4n) is 3.91. The average molecular weight is 469 g/mol. The Labute approximate surface area is 193 Å². The van der Waals surface area contributed by atoms with Gasteiger partial charge in [-0.1, -0.05) is 29.8 Å². The number of nitriles is 1. The van der Waals surface area contributed by atoms with Crippen LogP contribution in [0, 0.1) is 11.3 Å². The fourth-order valence-corrected chi connectivity index (χ4v) is 4.04. The van der Waals surface area contributed by atoms with E-state index >= 15 is 0 Å². The molecule has 1 aromatic heterocycles. The number of carbonyl (C=O) groups excluding carboxylic acids is 2. The van der Waals surface area contributed by atoms with Crippen LogP contribution in [-0.4, -0.2) is 46.2 Å². The Morgan fingerprint density at radius 1 is 1.21 bits per heavy atom. The first-order valence-corrected chi connectivity index (χ1v) is 10.6. The molecule has 0 radical (unpaired) electrons. The molecular weight excluding hydrogens is 450 g/mol. The van der Waals surface area contributed by atoms with E-state index in [4.69, 9.17) is 16.9 Å². The Bertz CT molecular complexity index is 1270. The highest BCUT2D eigenvalue weighted by Crippen LogP contribution is 2.32. The monoisotopic (exact) mass is 468 g/mol. The zero-order chi connectivity index (χ0) is 23.8. The van der Waals surface area contributed by atoms with Gasteiger partial charge in [-0.05, 0) is 48.4 Å². The molecule has 1 aliphatic rings. The molecule has 0 saturated carbocycles. The minimum absolute atomic E-state index is 0.291. The van der Waals surface area contributed by atoms with Gasteiger partial charge >= 0.3 is 0 Å². The standard InChI is InChI=1S/C24H19ClF2N4O2/c1-14(23(33)31-13-24(26,27)11-18(31)12-28)30-22(32)19-8-9-29-21-7-4-16(10-20(19)21)15-2-5-17(25)6-3-15/h2-10,14,18H,11,13H2,1H3,(H,30,32). The number of nitrogens with one attached hydrogen (secondary N) is 1. The van der Waals surface area contributed by atoms with Crippen molar-refractivity contribution in [3.63, 3.8) is 0 Å². The van der Waals surface area contributed by atoms with Crippen LogP contribution >= 0.6 is 11.6 Å². The van der Waals surface area contributed by atoms with E-state index in [-0.39, 0.29) is 0 Å². The molecule has 33 heavy (non-hydrogen) atoms. The summed E-state index contributed by atoms with van der Waals surface area (Å²) < 4.78 is 27.4. The van der Waals surface area contributed by atoms with Crippen molar-refractivity contribution in [1.29, 1.82) is 5.26 Å². The maximum atomic E-state index is 13.7. The second kappa shape index (κ2) is 8.75. The number of amides is 2. The van der Waals surface area contributed by atoms with Crippen molar-refractivity contribution < 1.29 is 18.4 Å². The molecule has 2 aromatic carbocycles. The van der Waals surface area contributed by atoms with Crippen LogP contribution in [0.25, 0.3) is 22.0 Å². The van der Waals surface area contributed by atoms with Crippen molar-refractivity contribution in [1.82, 2.24) is 15.2 Å². The van der Waals surface area contributed by atoms with E-state index in [9.17, 15) is 18.4 Å². The van der Waals surface area contributed by atoms with E-state index in [0.717, 1.165) is 16.0 Å². The van der Waals surface area contributed by atoms with E-state index in [0.29, 0.717) is 21.5 Å². The van der Waals surface area contributed by atoms with E-state index in [1.54, 1.807) is 24.3 Å². The summed E-state index contributed by atoms with van der Waals surface area (Å²) >= 11 is 5.96. The third kappa shape index (κ3) is 4.64. The van der Waals surface area contributed by atoms with Crippen molar-refractivity contribution in [3.05, 3.63) is 65.3 Å². The molecule has 4 rings (SSSR count). The van der Waals surface area contributed by atoms with Gasteiger partial charge in [0.25, 0.3) is 11.8 Å². The molecule has 0 bridgehead atoms. The van der Waals surface area contributed by atoms with Crippen LogP contribution in [0.15, 0.2) is 54.7 Å². The van der Waals surface area contributed by atoms with Gasteiger partial charge in [0.2, 0.25) is 5.91 Å². The van der Waals surface area contributed by atoms with Crippen LogP contribution in [-0.2, 0) is 4.79 Å². The first-order valence-electron chi connectivity index (χ1n) is 10.2. The van der Waals surface area contributed by atoms with E-state index in [2.05, 4.69) is 10.3 Å². The minimum Gasteiger partial charge on any atom is -0.340 e. The number of carbonyl (C=O) groups is 2. The summed E-state index contributed by atoms with van der Waals surface area (Å²) in [5, 5.41) is 12.9. The van der Waals surface area contributed by atoms with Crippen LogP contribution in [0.3, 0.4) is 0 Å². The summed E-state index contributed by atoms with van der Waals surface area (Å²) in [6.07, 6.45) is 0.775. The summed E-state index contributed by atoms with van der Waals surface area (Å²) in [5.41, 5.74) is 2.63. The third-order valence-electron chi connectivity index (χ3n) is 5.58. The van der Waals surface area contributed by atoms with E-state index < -0.39 is 42.8 Å². The van der Waals surface area contributed by atoms with Gasteiger partial charge in [0.1, 0.15) is 12.1 Å². The Morgan fingerprint density at radius 2 is 1.91 bits per heavy atom. The lowest BCUT2D eigenvalue weighted by Crippen LogP contribution is -2.48. The number of pyridine rings is 1. The first kappa shape index (κ1) is 22.6. The zero-order valence-corrected chi connectivity index (χ0v) is 18.3. The van der Waals surface area contributed by atoms with Crippen molar-refractivity contribution in [2.45, 2.75) is 31.4 Å². The summed E-state index contributed by atoms with van der Waals surface area (Å²) in [5.74, 6) is -4.40. The average Bonchev–Trinajstić information content (AvgIpc) is 3.12. The summed E-state index contributed by atoms with van der Waals surface area (Å²) in [6, 6.07) is 13.7. The molecule has 1 saturated heterocycles. The smallest absolute Gasteiger partial charge is 0.268 e. The quantitative estimate of drug-likeness (QED) is 0.613. The molecule has 2 atom stereocenters. The lowest BCUT2D eigenvalue weighted by Gasteiger charge is -2.23. The van der Waals surface area contributed by atoms with Gasteiger partial charge in [0, 0.05) is 23.0 Å². The van der Waals surface area contributed by atoms with E-state index in [1.807, 2.05) is 24.3 Å². The molecule has 6 nitrogen and oxygen atoms in total. The highest BCUT2D eigenvalue weighted by molar-refractivity contribution is 6.30. The van der Waals surface area contributed by atoms with Crippen LogP contribution in [0.5, 0.6) is 0 Å². The maximum Gasteiger partial charge on any atom is 0.268 e. The molecule has 1 fully saturated rings. The molecule has 168 valence electrons. The number of hydrogen-bond donors (Lipinski definition) is 1. The number of fused-ring (bicyclic) bond motifs is 1. The molecule has 9 heteroatoms. The molecule has 2 amide bonds. The van der Waals surface area contributed by atoms with Crippen LogP contribution in [0.1, 0.15) is 23.7 Å². The summed E-state index contributed by atoms with van der Waals surface area (Å²) in [4.78, 5) is 30.8. The molecule has 1 N–H and O–H groups in total. The molecule has 1 aliphatic heterocycles. The van der Waals surface area contributed by atoms with Crippen molar-refractivity contribution in [2.24, 2.45) is 0 Å². The van der Waals surface area contributed by atoms with Crippen LogP contribution in [0.2, 0.25) is 5.02 Å². The van der Waals surface area contributed by atoms with Gasteiger partial charge in [-0.2, -0.15) is 5.26 Å². The Morgan fingerprint density at radius 3 is 2.61 bits per heavy atom. The number of halogens is 3. The van der Waals surface area contributed by atoms with Crippen molar-refractivity contribution >= 4 is 34.3 Å². The highest BCUT2D eigenvalue weighted by atomic mass is 35.5. The number of likely N-dealkylation sites (tertiary alicyclic amines) is 1. The van der Waals surface area contributed by atoms with Gasteiger partial charge in [-0.15, -0.1) is 0 Å². The highest BCUT2D eigenvalue weighted by Gasteiger charge is 2.48. The second-order valence-electron chi connectivity index (χ2n) is 7.96. The Kier molecular flexibility index (Phi) is 6.00. The molecular formula is C24H19ClF2N4O2. The van der Waals surface area contributed by atoms with Gasteiger partial charge in [0.15, 0.2) is 0 Å². The fraction of sp³-hybridized carbons (Fsp3) is 0.250. The molecule has 2 heterocycles. The summed E-state index contributed by atoms with van der Waals surface area (Å²) in [6.45, 7) is 0.570. The second-order valence-corrected chi connectivity index (χ2v) is 8.40. The number of benzene rings is 2. The number of hydrogen-bond acceptors (Lipinski definition) is 4. The topological polar surface area (TPSA) is 86.1 Å². The number of rotatable bonds is 4. The number of nitrogens with zero attached hydrogens (tertiary/aromatic N) is 3. The Hall–Kier alpha value is -3.57. The molecule has 3 aromatic rings. The van der Waals surface area contributed by atoms with Crippen molar-refractivity contribution in [3.8, 4) is 17.2 Å². The lowest BCUT2D eigenvalue weighted by atomic mass is 10.0. The lowest BCUT2D eigenvalue weighted by molar-refractivity contribution is -0.134. The normalized spacial score (nSPS) is 18.0. The number of alkyl halides is 2. The van der Waals surface area contributed by atoms with Crippen molar-refractivity contribution in [2.75, 3.05) is 6.54 Å². The Balaban J connectivity index is 1.59. The third-order valence-corrected chi connectivity index (χ3v) is 5.84. The van der Waals surface area contributed by atoms with Gasteiger partial charge < -0.3 is 10.2 Å². The maximum absolute atomic E-state index is 13.7. The SMILES string of the molecule is CC(NC(=O)c1ccnc2ccc(-c3ccc(Cl)cc3)cc12)C(=O)N1CC(F)(F)CC1C#N. The van der Waals surface area contributed by atoms with Gasteiger partial charge in [0.05, 0.1) is 23.7 Å². The zero-order valence-electron chi connectivity index (χ0n) is 17.6. The minimum atomic E-state index is -3.13. The summed E-state index contributed by atoms with van der Waals surface area (Å²) in [7, 11) is 0. The molecule has 0 aliphatic carbocycles. The predicted molar refractivity (Wildman–Crippen MR) is 120 cm³/mol. The largest absolute Gasteiger partial charge is 0.340 e. The molecule has 0 spiro atoms. The van der Waals surface area contributed by atoms with Gasteiger partial charge in [-0.25, -0.2) is 8.78 Å². The first-order chi connectivity index (χ1) is 15.7. The van der Waals surface area contributed by atoms with Crippen LogP contribution < -0.4 is 5.32 Å². The number of aromatic nitrogens is 1. The molecule has 2 unspecified atom stereocenters. The predicted octanol–water partition coefficient (Wildman–Crippen LogP) is 4.43. The van der Waals surface area contributed by atoms with Gasteiger partial charge in [-0.3, -0.25) is 14.6 Å².